The zero-order valence-corrected chi connectivity index (χ0v) is 20.1. The van der Waals surface area contributed by atoms with Gasteiger partial charge >= 0.3 is 0 Å². The lowest BCUT2D eigenvalue weighted by Crippen LogP contribution is -2.35. The lowest BCUT2D eigenvalue weighted by Gasteiger charge is -2.35. The van der Waals surface area contributed by atoms with Gasteiger partial charge in [-0.1, -0.05) is 29.9 Å². The predicted octanol–water partition coefficient (Wildman–Crippen LogP) is 4.50. The van der Waals surface area contributed by atoms with Crippen molar-refractivity contribution < 1.29 is 18.8 Å². The Morgan fingerprint density at radius 2 is 1.80 bits per heavy atom. The predicted molar refractivity (Wildman–Crippen MR) is 132 cm³/mol. The third-order valence-corrected chi connectivity index (χ3v) is 7.00. The zero-order chi connectivity index (χ0) is 24.4. The van der Waals surface area contributed by atoms with Crippen LogP contribution in [0.25, 0.3) is 11.4 Å². The number of aromatic nitrogens is 2. The highest BCUT2D eigenvalue weighted by molar-refractivity contribution is 5.96. The SMILES string of the molecule is C=C([C@H]1CC(=O)N(c2ccccc2)C1)N1CCC(c2nc(-c3ccc(OC)c(OC)c3)no2)CC1. The number of carbonyl (C=O) groups is 1. The Hall–Kier alpha value is -3.81. The lowest BCUT2D eigenvalue weighted by atomic mass is 9.94. The van der Waals surface area contributed by atoms with Crippen LogP contribution in [0.2, 0.25) is 0 Å². The second-order valence-corrected chi connectivity index (χ2v) is 9.02. The summed E-state index contributed by atoms with van der Waals surface area (Å²) < 4.78 is 16.3. The van der Waals surface area contributed by atoms with Gasteiger partial charge in [0.15, 0.2) is 11.5 Å². The third kappa shape index (κ3) is 4.60. The van der Waals surface area contributed by atoms with Crippen LogP contribution in [0.3, 0.4) is 0 Å². The van der Waals surface area contributed by atoms with Crippen LogP contribution < -0.4 is 14.4 Å². The van der Waals surface area contributed by atoms with E-state index >= 15 is 0 Å². The molecule has 0 unspecified atom stereocenters. The van der Waals surface area contributed by atoms with Crippen molar-refractivity contribution in [1.82, 2.24) is 15.0 Å². The van der Waals surface area contributed by atoms with Gasteiger partial charge in [-0.25, -0.2) is 0 Å². The van der Waals surface area contributed by atoms with E-state index in [-0.39, 0.29) is 17.7 Å². The second-order valence-electron chi connectivity index (χ2n) is 9.02. The van der Waals surface area contributed by atoms with Crippen molar-refractivity contribution in [1.29, 1.82) is 0 Å². The molecule has 8 heteroatoms. The van der Waals surface area contributed by atoms with Gasteiger partial charge in [-0.05, 0) is 43.2 Å². The van der Waals surface area contributed by atoms with Crippen molar-refractivity contribution in [2.24, 2.45) is 5.92 Å². The van der Waals surface area contributed by atoms with Crippen LogP contribution in [0.15, 0.2) is 65.3 Å². The molecule has 1 atom stereocenters. The van der Waals surface area contributed by atoms with E-state index < -0.39 is 0 Å². The first-order chi connectivity index (χ1) is 17.1. The quantitative estimate of drug-likeness (QED) is 0.499. The highest BCUT2D eigenvalue weighted by Gasteiger charge is 2.35. The maximum absolute atomic E-state index is 12.6. The summed E-state index contributed by atoms with van der Waals surface area (Å²) in [7, 11) is 3.21. The lowest BCUT2D eigenvalue weighted by molar-refractivity contribution is -0.117. The van der Waals surface area contributed by atoms with Crippen molar-refractivity contribution >= 4 is 11.6 Å². The number of anilines is 1. The van der Waals surface area contributed by atoms with Gasteiger partial charge < -0.3 is 23.8 Å². The Morgan fingerprint density at radius 3 is 2.51 bits per heavy atom. The molecule has 182 valence electrons. The molecule has 3 heterocycles. The normalized spacial score (nSPS) is 18.7. The Morgan fingerprint density at radius 1 is 1.06 bits per heavy atom. The molecule has 2 saturated heterocycles. The van der Waals surface area contributed by atoms with Crippen molar-refractivity contribution in [2.75, 3.05) is 38.8 Å². The van der Waals surface area contributed by atoms with Crippen LogP contribution in [0.1, 0.15) is 31.1 Å². The number of para-hydroxylation sites is 1. The van der Waals surface area contributed by atoms with Gasteiger partial charge in [-0.3, -0.25) is 4.79 Å². The van der Waals surface area contributed by atoms with E-state index in [2.05, 4.69) is 21.6 Å². The van der Waals surface area contributed by atoms with Crippen molar-refractivity contribution in [2.45, 2.75) is 25.2 Å². The number of rotatable bonds is 7. The van der Waals surface area contributed by atoms with Crippen molar-refractivity contribution in [3.05, 3.63) is 66.7 Å². The topological polar surface area (TPSA) is 80.9 Å². The molecule has 3 aromatic rings. The summed E-state index contributed by atoms with van der Waals surface area (Å²) in [6, 6.07) is 15.4. The van der Waals surface area contributed by atoms with E-state index in [9.17, 15) is 4.79 Å². The van der Waals surface area contributed by atoms with Crippen LogP contribution in [0.5, 0.6) is 11.5 Å². The molecule has 1 aromatic heterocycles. The summed E-state index contributed by atoms with van der Waals surface area (Å²) in [5.74, 6) is 2.98. The molecule has 0 bridgehead atoms. The van der Waals surface area contributed by atoms with Gasteiger partial charge in [0.05, 0.1) is 14.2 Å². The minimum Gasteiger partial charge on any atom is -0.493 e. The Kier molecular flexibility index (Phi) is 6.44. The average Bonchev–Trinajstić information content (AvgIpc) is 3.56. The minimum atomic E-state index is 0.138. The van der Waals surface area contributed by atoms with Crippen LogP contribution in [-0.2, 0) is 4.79 Å². The number of piperidine rings is 1. The fourth-order valence-corrected chi connectivity index (χ4v) is 4.95. The van der Waals surface area contributed by atoms with E-state index in [1.807, 2.05) is 53.4 Å². The number of benzene rings is 2. The zero-order valence-electron chi connectivity index (χ0n) is 20.1. The molecule has 35 heavy (non-hydrogen) atoms. The van der Waals surface area contributed by atoms with Gasteiger partial charge in [0.2, 0.25) is 17.6 Å². The molecule has 2 aliphatic heterocycles. The molecule has 0 spiro atoms. The molecular weight excluding hydrogens is 444 g/mol. The second kappa shape index (κ2) is 9.82. The first-order valence-corrected chi connectivity index (χ1v) is 11.9. The fourth-order valence-electron chi connectivity index (χ4n) is 4.95. The van der Waals surface area contributed by atoms with Crippen LogP contribution >= 0.6 is 0 Å². The number of carbonyl (C=O) groups excluding carboxylic acids is 1. The molecule has 0 radical (unpaired) electrons. The number of ether oxygens (including phenoxy) is 2. The molecule has 0 aliphatic carbocycles. The smallest absolute Gasteiger partial charge is 0.230 e. The molecular formula is C27H30N4O4. The van der Waals surface area contributed by atoms with Gasteiger partial charge in [-0.2, -0.15) is 4.98 Å². The number of hydrogen-bond donors (Lipinski definition) is 0. The third-order valence-electron chi connectivity index (χ3n) is 7.00. The summed E-state index contributed by atoms with van der Waals surface area (Å²) in [5, 5.41) is 4.20. The van der Waals surface area contributed by atoms with E-state index in [1.165, 1.54) is 0 Å². The summed E-state index contributed by atoms with van der Waals surface area (Å²) in [4.78, 5) is 21.5. The van der Waals surface area contributed by atoms with Crippen molar-refractivity contribution in [3.8, 4) is 22.9 Å². The first-order valence-electron chi connectivity index (χ1n) is 11.9. The Labute approximate surface area is 205 Å². The molecule has 0 N–H and O–H groups in total. The van der Waals surface area contributed by atoms with Gasteiger partial charge in [0.1, 0.15) is 0 Å². The first kappa shape index (κ1) is 23.0. The Balaban J connectivity index is 1.19. The minimum absolute atomic E-state index is 0.138. The summed E-state index contributed by atoms with van der Waals surface area (Å²) in [6.07, 6.45) is 2.30. The van der Waals surface area contributed by atoms with E-state index in [0.717, 1.165) is 42.9 Å². The molecule has 2 fully saturated rings. The molecule has 5 rings (SSSR count). The standard InChI is InChI=1S/C27H30N4O4/c1-18(21-16-25(32)31(17-21)22-7-5-4-6-8-22)30-13-11-19(12-14-30)27-28-26(29-35-27)20-9-10-23(33-2)24(15-20)34-3/h4-10,15,19,21H,1,11-14,16-17H2,2-3H3/t21-/m0/s1. The maximum atomic E-state index is 12.6. The van der Waals surface area contributed by atoms with Gasteiger partial charge in [0, 0.05) is 54.8 Å². The van der Waals surface area contributed by atoms with Crippen LogP contribution in [0, 0.1) is 5.92 Å². The van der Waals surface area contributed by atoms with Gasteiger partial charge in [0.25, 0.3) is 0 Å². The number of nitrogens with zero attached hydrogens (tertiary/aromatic N) is 4. The number of methoxy groups -OCH3 is 2. The van der Waals surface area contributed by atoms with Crippen molar-refractivity contribution in [3.63, 3.8) is 0 Å². The summed E-state index contributed by atoms with van der Waals surface area (Å²) in [6.45, 7) is 6.76. The van der Waals surface area contributed by atoms with Crippen LogP contribution in [0.4, 0.5) is 5.69 Å². The van der Waals surface area contributed by atoms with E-state index in [1.54, 1.807) is 14.2 Å². The van der Waals surface area contributed by atoms with Gasteiger partial charge in [-0.15, -0.1) is 0 Å². The number of hydrogen-bond acceptors (Lipinski definition) is 7. The molecule has 2 aromatic carbocycles. The molecule has 0 saturated carbocycles. The van der Waals surface area contributed by atoms with Crippen LogP contribution in [-0.4, -0.2) is 54.8 Å². The fraction of sp³-hybridized carbons (Fsp3) is 0.370. The molecule has 1 amide bonds. The monoisotopic (exact) mass is 474 g/mol. The summed E-state index contributed by atoms with van der Waals surface area (Å²) in [5.41, 5.74) is 2.82. The maximum Gasteiger partial charge on any atom is 0.230 e. The Bertz CT molecular complexity index is 1200. The highest BCUT2D eigenvalue weighted by Crippen LogP contribution is 2.36. The highest BCUT2D eigenvalue weighted by atomic mass is 16.5. The molecule has 8 nitrogen and oxygen atoms in total. The van der Waals surface area contributed by atoms with E-state index in [0.29, 0.717) is 36.2 Å². The van der Waals surface area contributed by atoms with E-state index in [4.69, 9.17) is 14.0 Å². The number of amides is 1. The largest absolute Gasteiger partial charge is 0.493 e. The average molecular weight is 475 g/mol. The number of likely N-dealkylation sites (tertiary alicyclic amines) is 1. The molecule has 2 aliphatic rings. The summed E-state index contributed by atoms with van der Waals surface area (Å²) >= 11 is 0.